The van der Waals surface area contributed by atoms with Crippen LogP contribution in [0.3, 0.4) is 0 Å². The molecule has 0 N–H and O–H groups in total. The van der Waals surface area contributed by atoms with Crippen LogP contribution in [0.5, 0.6) is 0 Å². The Bertz CT molecular complexity index is 513. The van der Waals surface area contributed by atoms with Crippen LogP contribution in [-0.2, 0) is 11.5 Å². The molecular formula is C10H8N2OS. The van der Waals surface area contributed by atoms with E-state index in [1.165, 1.54) is 0 Å². The molecule has 1 aromatic heterocycles. The Labute approximate surface area is 85.4 Å². The molecule has 0 spiro atoms. The van der Waals surface area contributed by atoms with Crippen molar-refractivity contribution in [3.05, 3.63) is 40.9 Å². The third-order valence-corrected chi connectivity index (χ3v) is 3.37. The summed E-state index contributed by atoms with van der Waals surface area (Å²) >= 11 is 1.74. The van der Waals surface area contributed by atoms with Crippen molar-refractivity contribution in [2.75, 3.05) is 0 Å². The van der Waals surface area contributed by atoms with E-state index >= 15 is 0 Å². The maximum Gasteiger partial charge on any atom is 0.242 e. The van der Waals surface area contributed by atoms with E-state index in [1.54, 1.807) is 11.8 Å². The Hall–Kier alpha value is -1.29. The number of hydrogen-bond donors (Lipinski definition) is 0. The standard InChI is InChI=1S/C10H8N2OS/c13-12-9-4-2-1-3-7(9)11-8-5-14-6-10(8)12/h1-4H,5-6H2. The van der Waals surface area contributed by atoms with Gasteiger partial charge in [0, 0.05) is 11.8 Å². The highest BCUT2D eigenvalue weighted by Crippen LogP contribution is 2.26. The van der Waals surface area contributed by atoms with Crippen LogP contribution in [0.15, 0.2) is 24.3 Å². The van der Waals surface area contributed by atoms with Crippen molar-refractivity contribution in [1.29, 1.82) is 0 Å². The van der Waals surface area contributed by atoms with Crippen molar-refractivity contribution in [1.82, 2.24) is 4.98 Å². The first kappa shape index (κ1) is 8.05. The van der Waals surface area contributed by atoms with E-state index in [4.69, 9.17) is 0 Å². The highest BCUT2D eigenvalue weighted by Gasteiger charge is 2.23. The van der Waals surface area contributed by atoms with Crippen LogP contribution in [0.25, 0.3) is 11.0 Å². The molecular weight excluding hydrogens is 196 g/mol. The number of thioether (sulfide) groups is 1. The molecule has 0 amide bonds. The zero-order valence-corrected chi connectivity index (χ0v) is 8.25. The van der Waals surface area contributed by atoms with Crippen LogP contribution in [0, 0.1) is 5.21 Å². The van der Waals surface area contributed by atoms with Gasteiger partial charge in [-0.25, -0.2) is 4.98 Å². The van der Waals surface area contributed by atoms with E-state index in [0.29, 0.717) is 5.52 Å². The number of nitrogens with zero attached hydrogens (tertiary/aromatic N) is 2. The molecule has 4 heteroatoms. The lowest BCUT2D eigenvalue weighted by atomic mass is 10.2. The van der Waals surface area contributed by atoms with Gasteiger partial charge in [-0.2, -0.15) is 4.73 Å². The first-order valence-electron chi connectivity index (χ1n) is 4.44. The lowest BCUT2D eigenvalue weighted by Crippen LogP contribution is -2.33. The number of para-hydroxylation sites is 2. The van der Waals surface area contributed by atoms with Gasteiger partial charge < -0.3 is 5.21 Å². The van der Waals surface area contributed by atoms with Gasteiger partial charge in [-0.1, -0.05) is 12.1 Å². The average molecular weight is 204 g/mol. The zero-order valence-electron chi connectivity index (χ0n) is 7.43. The average Bonchev–Trinajstić information content (AvgIpc) is 2.66. The molecule has 0 saturated heterocycles. The minimum absolute atomic E-state index is 0.675. The first-order chi connectivity index (χ1) is 6.86. The third-order valence-electron chi connectivity index (χ3n) is 2.41. The molecule has 0 unspecified atom stereocenters. The summed E-state index contributed by atoms with van der Waals surface area (Å²) in [5, 5.41) is 11.9. The predicted octanol–water partition coefficient (Wildman–Crippen LogP) is 1.61. The Balaban J connectivity index is 2.44. The second-order valence-electron chi connectivity index (χ2n) is 3.28. The molecule has 70 valence electrons. The number of rotatable bonds is 0. The minimum Gasteiger partial charge on any atom is -0.618 e. The quantitative estimate of drug-likeness (QED) is 0.483. The summed E-state index contributed by atoms with van der Waals surface area (Å²) in [6.07, 6.45) is 0. The Morgan fingerprint density at radius 2 is 2.14 bits per heavy atom. The van der Waals surface area contributed by atoms with Crippen molar-refractivity contribution < 1.29 is 4.73 Å². The zero-order chi connectivity index (χ0) is 9.54. The summed E-state index contributed by atoms with van der Waals surface area (Å²) in [5.74, 6) is 1.65. The van der Waals surface area contributed by atoms with Gasteiger partial charge in [-0.3, -0.25) is 0 Å². The molecule has 14 heavy (non-hydrogen) atoms. The molecule has 0 atom stereocenters. The molecule has 0 radical (unpaired) electrons. The predicted molar refractivity (Wildman–Crippen MR) is 55.7 cm³/mol. The summed E-state index contributed by atoms with van der Waals surface area (Å²) in [4.78, 5) is 4.47. The fraction of sp³-hybridized carbons (Fsp3) is 0.200. The second-order valence-corrected chi connectivity index (χ2v) is 4.27. The summed E-state index contributed by atoms with van der Waals surface area (Å²) in [6.45, 7) is 0. The van der Waals surface area contributed by atoms with E-state index in [2.05, 4.69) is 4.98 Å². The molecule has 2 aromatic rings. The first-order valence-corrected chi connectivity index (χ1v) is 5.59. The van der Waals surface area contributed by atoms with E-state index in [-0.39, 0.29) is 0 Å². The number of aromatic nitrogens is 2. The van der Waals surface area contributed by atoms with Crippen LogP contribution < -0.4 is 4.73 Å². The van der Waals surface area contributed by atoms with Crippen molar-refractivity contribution in [3.8, 4) is 0 Å². The molecule has 1 aromatic carbocycles. The maximum atomic E-state index is 11.9. The lowest BCUT2D eigenvalue weighted by Gasteiger charge is -2.04. The SMILES string of the molecule is [O-][n+]1c2c(nc3ccccc31)CSC2. The van der Waals surface area contributed by atoms with Crippen molar-refractivity contribution in [3.63, 3.8) is 0 Å². The van der Waals surface area contributed by atoms with Crippen molar-refractivity contribution >= 4 is 22.8 Å². The van der Waals surface area contributed by atoms with Gasteiger partial charge in [0.2, 0.25) is 11.2 Å². The fourth-order valence-corrected chi connectivity index (χ4v) is 2.71. The number of benzene rings is 1. The second kappa shape index (κ2) is 2.85. The van der Waals surface area contributed by atoms with Gasteiger partial charge in [-0.05, 0) is 6.07 Å². The minimum atomic E-state index is 0.675. The van der Waals surface area contributed by atoms with E-state index < -0.39 is 0 Å². The van der Waals surface area contributed by atoms with E-state index in [0.717, 1.165) is 33.1 Å². The van der Waals surface area contributed by atoms with Crippen LogP contribution in [0.4, 0.5) is 0 Å². The molecule has 2 heterocycles. The molecule has 0 saturated carbocycles. The number of hydrogen-bond acceptors (Lipinski definition) is 3. The topological polar surface area (TPSA) is 39.8 Å². The van der Waals surface area contributed by atoms with E-state index in [9.17, 15) is 5.21 Å². The normalized spacial score (nSPS) is 14.6. The Morgan fingerprint density at radius 1 is 1.29 bits per heavy atom. The molecule has 1 aliphatic heterocycles. The summed E-state index contributed by atoms with van der Waals surface area (Å²) in [5.41, 5.74) is 3.25. The molecule has 0 fully saturated rings. The smallest absolute Gasteiger partial charge is 0.242 e. The monoisotopic (exact) mass is 204 g/mol. The van der Waals surface area contributed by atoms with Crippen LogP contribution in [0.1, 0.15) is 11.4 Å². The lowest BCUT2D eigenvalue weighted by molar-refractivity contribution is -0.585. The fourth-order valence-electron chi connectivity index (χ4n) is 1.70. The van der Waals surface area contributed by atoms with Gasteiger partial charge in [0.15, 0.2) is 0 Å². The molecule has 1 aliphatic rings. The Kier molecular flexibility index (Phi) is 1.64. The van der Waals surface area contributed by atoms with Gasteiger partial charge in [0.1, 0.15) is 11.2 Å². The Morgan fingerprint density at radius 3 is 3.07 bits per heavy atom. The summed E-state index contributed by atoms with van der Waals surface area (Å²) in [7, 11) is 0. The van der Waals surface area contributed by atoms with Crippen LogP contribution in [0.2, 0.25) is 0 Å². The molecule has 0 aliphatic carbocycles. The summed E-state index contributed by atoms with van der Waals surface area (Å²) < 4.78 is 1.03. The van der Waals surface area contributed by atoms with Crippen molar-refractivity contribution in [2.45, 2.75) is 11.5 Å². The van der Waals surface area contributed by atoms with Gasteiger partial charge >= 0.3 is 0 Å². The molecule has 3 nitrogen and oxygen atoms in total. The molecule has 3 rings (SSSR count). The van der Waals surface area contributed by atoms with Crippen molar-refractivity contribution in [2.24, 2.45) is 0 Å². The van der Waals surface area contributed by atoms with Crippen LogP contribution in [-0.4, -0.2) is 4.98 Å². The molecule has 0 bridgehead atoms. The highest BCUT2D eigenvalue weighted by molar-refractivity contribution is 7.98. The highest BCUT2D eigenvalue weighted by atomic mass is 32.2. The number of fused-ring (bicyclic) bond motifs is 2. The summed E-state index contributed by atoms with van der Waals surface area (Å²) in [6, 6.07) is 7.47. The largest absolute Gasteiger partial charge is 0.618 e. The third kappa shape index (κ3) is 1.00. The van der Waals surface area contributed by atoms with Gasteiger partial charge in [0.25, 0.3) is 0 Å². The van der Waals surface area contributed by atoms with Gasteiger partial charge in [0.05, 0.1) is 5.75 Å². The van der Waals surface area contributed by atoms with E-state index in [1.807, 2.05) is 24.3 Å². The van der Waals surface area contributed by atoms with Crippen LogP contribution >= 0.6 is 11.8 Å². The maximum absolute atomic E-state index is 11.9. The van der Waals surface area contributed by atoms with Gasteiger partial charge in [-0.15, -0.1) is 11.8 Å².